The van der Waals surface area contributed by atoms with Gasteiger partial charge < -0.3 is 15.1 Å². The molecular weight excluding hydrogens is 218 g/mol. The van der Waals surface area contributed by atoms with Crippen LogP contribution in [0.2, 0.25) is 0 Å². The van der Waals surface area contributed by atoms with E-state index in [2.05, 4.69) is 6.92 Å². The Labute approximate surface area is 105 Å². The topological polar surface area (TPSA) is 60.8 Å². The van der Waals surface area contributed by atoms with Crippen molar-refractivity contribution in [3.8, 4) is 0 Å². The van der Waals surface area contributed by atoms with Crippen LogP contribution in [0.4, 0.5) is 0 Å². The molecule has 1 atom stereocenters. The quantitative estimate of drug-likeness (QED) is 0.574. The first-order valence-electron chi connectivity index (χ1n) is 6.64. The molecule has 0 fully saturated rings. The number of rotatable bonds is 10. The van der Waals surface area contributed by atoms with E-state index in [0.717, 1.165) is 12.8 Å². The largest absolute Gasteiger partial charge is 0.394 e. The Morgan fingerprint density at radius 1 is 1.18 bits per heavy atom. The Balaban J connectivity index is 3.50. The normalized spacial score (nSPS) is 12.5. The van der Waals surface area contributed by atoms with Crippen LogP contribution in [0.3, 0.4) is 0 Å². The first-order chi connectivity index (χ1) is 8.11. The predicted octanol–water partition coefficient (Wildman–Crippen LogP) is 1.55. The zero-order valence-electron chi connectivity index (χ0n) is 11.2. The molecule has 4 nitrogen and oxygen atoms in total. The molecule has 1 amide bonds. The number of likely N-dealkylation sites (N-methyl/N-ethyl adjacent to an activating group) is 1. The smallest absolute Gasteiger partial charge is 0.222 e. The molecule has 0 bridgehead atoms. The minimum atomic E-state index is -0.825. The lowest BCUT2D eigenvalue weighted by Gasteiger charge is -2.19. The van der Waals surface area contributed by atoms with Crippen molar-refractivity contribution >= 4 is 5.91 Å². The van der Waals surface area contributed by atoms with Crippen molar-refractivity contribution in [1.82, 2.24) is 4.90 Å². The third-order valence-corrected chi connectivity index (χ3v) is 2.87. The maximum atomic E-state index is 11.6. The standard InChI is InChI=1S/C13H27NO3/c1-3-4-5-6-7-8-9-13(17)14(2)10-12(16)11-15/h12,15-16H,3-11H2,1-2H3. The molecule has 17 heavy (non-hydrogen) atoms. The van der Waals surface area contributed by atoms with Crippen LogP contribution in [0.5, 0.6) is 0 Å². The van der Waals surface area contributed by atoms with E-state index in [1.165, 1.54) is 30.6 Å². The Kier molecular flexibility index (Phi) is 10.2. The minimum Gasteiger partial charge on any atom is -0.394 e. The van der Waals surface area contributed by atoms with E-state index in [0.29, 0.717) is 6.42 Å². The fourth-order valence-electron chi connectivity index (χ4n) is 1.72. The van der Waals surface area contributed by atoms with Crippen LogP contribution in [0, 0.1) is 0 Å². The molecule has 0 aliphatic heterocycles. The molecule has 0 radical (unpaired) electrons. The molecule has 102 valence electrons. The summed E-state index contributed by atoms with van der Waals surface area (Å²) in [5.74, 6) is 0.0491. The second-order valence-corrected chi connectivity index (χ2v) is 4.63. The fraction of sp³-hybridized carbons (Fsp3) is 0.923. The maximum absolute atomic E-state index is 11.6. The van der Waals surface area contributed by atoms with Gasteiger partial charge in [-0.3, -0.25) is 4.79 Å². The van der Waals surface area contributed by atoms with Gasteiger partial charge >= 0.3 is 0 Å². The monoisotopic (exact) mass is 245 g/mol. The number of aliphatic hydroxyl groups is 2. The van der Waals surface area contributed by atoms with E-state index in [1.807, 2.05) is 0 Å². The zero-order valence-corrected chi connectivity index (χ0v) is 11.2. The van der Waals surface area contributed by atoms with Crippen LogP contribution in [0.25, 0.3) is 0 Å². The third-order valence-electron chi connectivity index (χ3n) is 2.87. The molecule has 0 aromatic rings. The molecule has 0 saturated heterocycles. The van der Waals surface area contributed by atoms with Crippen molar-refractivity contribution in [3.05, 3.63) is 0 Å². The molecule has 0 aliphatic rings. The van der Waals surface area contributed by atoms with E-state index in [1.54, 1.807) is 7.05 Å². The summed E-state index contributed by atoms with van der Waals surface area (Å²) in [6, 6.07) is 0. The third kappa shape index (κ3) is 9.12. The van der Waals surface area contributed by atoms with Crippen molar-refractivity contribution in [2.75, 3.05) is 20.2 Å². The van der Waals surface area contributed by atoms with Gasteiger partial charge in [0.1, 0.15) is 0 Å². The second-order valence-electron chi connectivity index (χ2n) is 4.63. The molecule has 4 heteroatoms. The maximum Gasteiger partial charge on any atom is 0.222 e. The molecule has 0 saturated carbocycles. The van der Waals surface area contributed by atoms with Crippen LogP contribution in [0.15, 0.2) is 0 Å². The van der Waals surface area contributed by atoms with Gasteiger partial charge in [-0.25, -0.2) is 0 Å². The number of aliphatic hydroxyl groups excluding tert-OH is 2. The molecule has 2 N–H and O–H groups in total. The number of nitrogens with zero attached hydrogens (tertiary/aromatic N) is 1. The fourth-order valence-corrected chi connectivity index (χ4v) is 1.72. The lowest BCUT2D eigenvalue weighted by atomic mass is 10.1. The average Bonchev–Trinajstić information content (AvgIpc) is 2.32. The summed E-state index contributed by atoms with van der Waals surface area (Å²) in [5, 5.41) is 17.9. The Morgan fingerprint density at radius 2 is 1.76 bits per heavy atom. The van der Waals surface area contributed by atoms with Crippen molar-refractivity contribution < 1.29 is 15.0 Å². The van der Waals surface area contributed by atoms with Gasteiger partial charge in [-0.2, -0.15) is 0 Å². The number of hydrogen-bond donors (Lipinski definition) is 2. The van der Waals surface area contributed by atoms with Gasteiger partial charge in [0.15, 0.2) is 0 Å². The van der Waals surface area contributed by atoms with Crippen molar-refractivity contribution in [1.29, 1.82) is 0 Å². The highest BCUT2D eigenvalue weighted by Gasteiger charge is 2.12. The number of hydrogen-bond acceptors (Lipinski definition) is 3. The molecule has 0 heterocycles. The first kappa shape index (κ1) is 16.4. The van der Waals surface area contributed by atoms with Gasteiger partial charge in [-0.15, -0.1) is 0 Å². The van der Waals surface area contributed by atoms with Gasteiger partial charge in [0.2, 0.25) is 5.91 Å². The van der Waals surface area contributed by atoms with Crippen molar-refractivity contribution in [3.63, 3.8) is 0 Å². The SMILES string of the molecule is CCCCCCCCC(=O)N(C)CC(O)CO. The summed E-state index contributed by atoms with van der Waals surface area (Å²) in [4.78, 5) is 13.1. The lowest BCUT2D eigenvalue weighted by molar-refractivity contribution is -0.131. The van der Waals surface area contributed by atoms with Gasteiger partial charge in [0, 0.05) is 20.0 Å². The lowest BCUT2D eigenvalue weighted by Crippen LogP contribution is -2.35. The molecule has 1 unspecified atom stereocenters. The van der Waals surface area contributed by atoms with E-state index < -0.39 is 6.10 Å². The highest BCUT2D eigenvalue weighted by molar-refractivity contribution is 5.75. The molecule has 0 aliphatic carbocycles. The summed E-state index contributed by atoms with van der Waals surface area (Å²) < 4.78 is 0. The van der Waals surface area contributed by atoms with E-state index in [-0.39, 0.29) is 19.1 Å². The second kappa shape index (κ2) is 10.5. The van der Waals surface area contributed by atoms with E-state index in [4.69, 9.17) is 5.11 Å². The van der Waals surface area contributed by atoms with Gasteiger partial charge in [-0.1, -0.05) is 39.0 Å². The Hall–Kier alpha value is -0.610. The molecule has 0 rings (SSSR count). The highest BCUT2D eigenvalue weighted by Crippen LogP contribution is 2.08. The van der Waals surface area contributed by atoms with Crippen LogP contribution < -0.4 is 0 Å². The summed E-state index contributed by atoms with van der Waals surface area (Å²) in [5.41, 5.74) is 0. The van der Waals surface area contributed by atoms with E-state index >= 15 is 0 Å². The predicted molar refractivity (Wildman–Crippen MR) is 68.7 cm³/mol. The van der Waals surface area contributed by atoms with Gasteiger partial charge in [0.25, 0.3) is 0 Å². The van der Waals surface area contributed by atoms with Crippen LogP contribution in [0.1, 0.15) is 51.9 Å². The van der Waals surface area contributed by atoms with Gasteiger partial charge in [-0.05, 0) is 6.42 Å². The summed E-state index contributed by atoms with van der Waals surface area (Å²) in [6.07, 6.45) is 6.70. The van der Waals surface area contributed by atoms with Gasteiger partial charge in [0.05, 0.1) is 12.7 Å². The average molecular weight is 245 g/mol. The molecule has 0 aromatic carbocycles. The number of amides is 1. The Morgan fingerprint density at radius 3 is 2.35 bits per heavy atom. The van der Waals surface area contributed by atoms with Crippen LogP contribution in [-0.2, 0) is 4.79 Å². The summed E-state index contributed by atoms with van der Waals surface area (Å²) >= 11 is 0. The number of unbranched alkanes of at least 4 members (excludes halogenated alkanes) is 5. The van der Waals surface area contributed by atoms with Crippen molar-refractivity contribution in [2.24, 2.45) is 0 Å². The number of carbonyl (C=O) groups excluding carboxylic acids is 1. The minimum absolute atomic E-state index is 0.0491. The number of carbonyl (C=O) groups is 1. The molecular formula is C13H27NO3. The van der Waals surface area contributed by atoms with Crippen LogP contribution >= 0.6 is 0 Å². The van der Waals surface area contributed by atoms with Crippen molar-refractivity contribution in [2.45, 2.75) is 58.0 Å². The summed E-state index contributed by atoms with van der Waals surface area (Å²) in [6.45, 7) is 2.10. The van der Waals surface area contributed by atoms with E-state index in [9.17, 15) is 9.90 Å². The van der Waals surface area contributed by atoms with Crippen LogP contribution in [-0.4, -0.2) is 47.3 Å². The summed E-state index contributed by atoms with van der Waals surface area (Å²) in [7, 11) is 1.66. The molecule has 0 aromatic heterocycles. The Bertz CT molecular complexity index is 197. The zero-order chi connectivity index (χ0) is 13.1. The first-order valence-corrected chi connectivity index (χ1v) is 6.64. The highest BCUT2D eigenvalue weighted by atomic mass is 16.3. The molecule has 0 spiro atoms.